The number of hydrogen-bond donors (Lipinski definition) is 0. The number of fused-ring (bicyclic) bond motifs is 14. The molecule has 0 amide bonds. The molecule has 0 saturated carbocycles. The Bertz CT molecular complexity index is 3520. The Morgan fingerprint density at radius 2 is 1.06 bits per heavy atom. The summed E-state index contributed by atoms with van der Waals surface area (Å²) in [5, 5.41) is 13.3. The summed E-state index contributed by atoms with van der Waals surface area (Å²) in [6, 6.07) is 53.3. The topological polar surface area (TPSA) is 47.5 Å². The summed E-state index contributed by atoms with van der Waals surface area (Å²) >= 11 is 0. The van der Waals surface area contributed by atoms with E-state index in [2.05, 4.69) is 115 Å². The van der Waals surface area contributed by atoms with Crippen LogP contribution in [0.4, 0.5) is 0 Å². The highest BCUT2D eigenvalue weighted by atomic mass is 16.3. The first-order valence-corrected chi connectivity index (χ1v) is 17.6. The van der Waals surface area contributed by atoms with Crippen LogP contribution in [0.3, 0.4) is 0 Å². The van der Waals surface area contributed by atoms with E-state index in [-0.39, 0.29) is 5.56 Å². The van der Waals surface area contributed by atoms with Gasteiger partial charge < -0.3 is 4.42 Å². The number of aromatic nitrogens is 2. The van der Waals surface area contributed by atoms with Crippen LogP contribution in [0.25, 0.3) is 115 Å². The van der Waals surface area contributed by atoms with Crippen molar-refractivity contribution < 1.29 is 4.42 Å². The molecule has 0 radical (unpaired) electrons. The van der Waals surface area contributed by atoms with E-state index in [1.807, 2.05) is 47.0 Å². The fraction of sp³-hybridized carbons (Fsp3) is 0. The van der Waals surface area contributed by atoms with Gasteiger partial charge in [0.1, 0.15) is 11.2 Å². The monoisotopic (exact) mass is 662 g/mol. The minimum atomic E-state index is -0.0193. The zero-order chi connectivity index (χ0) is 34.1. The van der Waals surface area contributed by atoms with E-state index in [4.69, 9.17) is 9.40 Å². The lowest BCUT2D eigenvalue weighted by molar-refractivity contribution is 0.669. The minimum Gasteiger partial charge on any atom is -0.456 e. The molecule has 0 spiro atoms. The highest BCUT2D eigenvalue weighted by Crippen LogP contribution is 2.42. The molecule has 0 aliphatic rings. The molecule has 12 aromatic rings. The predicted molar refractivity (Wildman–Crippen MR) is 216 cm³/mol. The van der Waals surface area contributed by atoms with Crippen molar-refractivity contribution in [2.45, 2.75) is 0 Å². The van der Waals surface area contributed by atoms with Crippen LogP contribution in [0.1, 0.15) is 0 Å². The molecule has 0 aliphatic heterocycles. The van der Waals surface area contributed by atoms with E-state index in [0.717, 1.165) is 76.9 Å². The Morgan fingerprint density at radius 1 is 0.442 bits per heavy atom. The average Bonchev–Trinajstić information content (AvgIpc) is 3.76. The fourth-order valence-electron chi connectivity index (χ4n) is 8.87. The zero-order valence-corrected chi connectivity index (χ0v) is 27.7. The van der Waals surface area contributed by atoms with Crippen LogP contribution in [-0.4, -0.2) is 9.38 Å². The summed E-state index contributed by atoms with van der Waals surface area (Å²) in [6.45, 7) is 0. The van der Waals surface area contributed by atoms with Crippen LogP contribution in [0.2, 0.25) is 0 Å². The van der Waals surface area contributed by atoms with E-state index in [1.54, 1.807) is 0 Å². The Labute approximate surface area is 295 Å². The maximum atomic E-state index is 13.9. The first kappa shape index (κ1) is 27.7. The molecule has 12 rings (SSSR count). The maximum absolute atomic E-state index is 13.9. The molecular formula is C48H26N2O2. The number of rotatable bonds is 2. The van der Waals surface area contributed by atoms with E-state index in [1.165, 1.54) is 32.3 Å². The van der Waals surface area contributed by atoms with Gasteiger partial charge in [-0.3, -0.25) is 14.2 Å². The van der Waals surface area contributed by atoms with E-state index < -0.39 is 0 Å². The largest absolute Gasteiger partial charge is 0.456 e. The van der Waals surface area contributed by atoms with Crippen molar-refractivity contribution in [3.63, 3.8) is 0 Å². The second-order valence-electron chi connectivity index (χ2n) is 13.8. The van der Waals surface area contributed by atoms with Crippen molar-refractivity contribution >= 4 is 92.4 Å². The highest BCUT2D eigenvalue weighted by molar-refractivity contribution is 6.26. The van der Waals surface area contributed by atoms with E-state index >= 15 is 0 Å². The average molecular weight is 663 g/mol. The molecule has 0 unspecified atom stereocenters. The van der Waals surface area contributed by atoms with Gasteiger partial charge in [0.05, 0.1) is 16.6 Å². The zero-order valence-electron chi connectivity index (χ0n) is 27.7. The molecule has 0 N–H and O–H groups in total. The van der Waals surface area contributed by atoms with Crippen molar-refractivity contribution in [3.8, 4) is 22.3 Å². The van der Waals surface area contributed by atoms with Gasteiger partial charge >= 0.3 is 0 Å². The fourth-order valence-corrected chi connectivity index (χ4v) is 8.87. The number of pyridine rings is 2. The highest BCUT2D eigenvalue weighted by Gasteiger charge is 2.20. The van der Waals surface area contributed by atoms with Crippen molar-refractivity contribution in [2.75, 3.05) is 0 Å². The van der Waals surface area contributed by atoms with E-state index in [0.29, 0.717) is 5.39 Å². The van der Waals surface area contributed by atoms with Crippen LogP contribution < -0.4 is 5.56 Å². The molecule has 4 aromatic heterocycles. The van der Waals surface area contributed by atoms with Gasteiger partial charge in [0.25, 0.3) is 5.56 Å². The summed E-state index contributed by atoms with van der Waals surface area (Å²) in [5.74, 6) is 0. The Hall–Kier alpha value is -7.04. The van der Waals surface area contributed by atoms with Gasteiger partial charge in [-0.05, 0) is 103 Å². The molecule has 4 nitrogen and oxygen atoms in total. The third kappa shape index (κ3) is 3.60. The number of furan rings is 1. The van der Waals surface area contributed by atoms with Crippen LogP contribution in [0.5, 0.6) is 0 Å². The molecule has 240 valence electrons. The first-order chi connectivity index (χ1) is 25.7. The first-order valence-electron chi connectivity index (χ1n) is 17.6. The van der Waals surface area contributed by atoms with Crippen LogP contribution in [-0.2, 0) is 0 Å². The normalized spacial score (nSPS) is 12.3. The van der Waals surface area contributed by atoms with Crippen molar-refractivity contribution in [1.82, 2.24) is 9.38 Å². The number of hydrogen-bond acceptors (Lipinski definition) is 3. The smallest absolute Gasteiger partial charge is 0.263 e. The molecule has 0 bridgehead atoms. The van der Waals surface area contributed by atoms with Gasteiger partial charge in [-0.1, -0.05) is 103 Å². The quantitative estimate of drug-likeness (QED) is 0.173. The summed E-state index contributed by atoms with van der Waals surface area (Å²) in [5.41, 5.74) is 8.73. The van der Waals surface area contributed by atoms with Crippen molar-refractivity contribution in [2.24, 2.45) is 0 Å². The lowest BCUT2D eigenvalue weighted by atomic mass is 9.91. The third-order valence-corrected chi connectivity index (χ3v) is 11.2. The van der Waals surface area contributed by atoms with Crippen molar-refractivity contribution in [1.29, 1.82) is 0 Å². The molecule has 52 heavy (non-hydrogen) atoms. The van der Waals surface area contributed by atoms with Crippen molar-refractivity contribution in [3.05, 3.63) is 168 Å². The number of benzene rings is 8. The van der Waals surface area contributed by atoms with Crippen LogP contribution in [0, 0.1) is 0 Å². The Balaban J connectivity index is 1.08. The molecule has 0 aliphatic carbocycles. The van der Waals surface area contributed by atoms with E-state index in [9.17, 15) is 4.79 Å². The van der Waals surface area contributed by atoms with Gasteiger partial charge in [-0.25, -0.2) is 0 Å². The van der Waals surface area contributed by atoms with Gasteiger partial charge in [-0.2, -0.15) is 0 Å². The Morgan fingerprint density at radius 3 is 1.83 bits per heavy atom. The van der Waals surface area contributed by atoms with Gasteiger partial charge in [0.2, 0.25) is 0 Å². The molecule has 0 saturated heterocycles. The Kier molecular flexibility index (Phi) is 5.35. The second kappa shape index (κ2) is 10.0. The molecule has 4 heteroatoms. The second-order valence-corrected chi connectivity index (χ2v) is 13.8. The summed E-state index contributed by atoms with van der Waals surface area (Å²) in [7, 11) is 0. The van der Waals surface area contributed by atoms with Gasteiger partial charge in [0, 0.05) is 38.5 Å². The number of nitrogens with zero attached hydrogens (tertiary/aromatic N) is 2. The standard InChI is InChI=1S/C48H26N2O2/c51-48-38-13-6-5-12-36(38)46-47-37(22-23-49-46)40-26-29(17-20-42(40)50(47)48)30-14-7-15-44-45(30)41-25-28(18-21-43(41)52-44)27-16-19-35-33-10-2-1-8-31(33)32-9-3-4-11-34(32)39(35)24-27/h1-26H. The van der Waals surface area contributed by atoms with Crippen LogP contribution in [0.15, 0.2) is 167 Å². The molecule has 0 fully saturated rings. The third-order valence-electron chi connectivity index (χ3n) is 11.2. The molecule has 0 atom stereocenters. The molecule has 4 heterocycles. The SMILES string of the molecule is O=c1c2ccccc2c2nccc3c4cc(-c5cccc6oc7ccc(-c8ccc9c%10ccccc%10c%10ccccc%10c9c8)cc7c56)ccc4n1c32. The van der Waals surface area contributed by atoms with Crippen LogP contribution >= 0.6 is 0 Å². The molecular weight excluding hydrogens is 637 g/mol. The summed E-state index contributed by atoms with van der Waals surface area (Å²) in [6.07, 6.45) is 1.85. The predicted octanol–water partition coefficient (Wildman–Crippen LogP) is 12.3. The lowest BCUT2D eigenvalue weighted by Crippen LogP contribution is -2.13. The molecule has 8 aromatic carbocycles. The summed E-state index contributed by atoms with van der Waals surface area (Å²) < 4.78 is 8.32. The van der Waals surface area contributed by atoms with Gasteiger partial charge in [0.15, 0.2) is 0 Å². The lowest BCUT2D eigenvalue weighted by Gasteiger charge is -2.12. The summed E-state index contributed by atoms with van der Waals surface area (Å²) in [4.78, 5) is 18.6. The van der Waals surface area contributed by atoms with Gasteiger partial charge in [-0.15, -0.1) is 0 Å². The minimum absolute atomic E-state index is 0.0193. The maximum Gasteiger partial charge on any atom is 0.263 e.